The standard InChI is InChI=1S/C20H26N4O3/c1-4-23-9-11-24(12-10-23)19-13-15(7-8-21-19)20(25)22-16-5-6-17(26-2)18(14-16)27-3/h5-8,13-14H,4,9-12H2,1-3H3,(H,22,25). The second-order valence-electron chi connectivity index (χ2n) is 6.35. The zero-order valence-corrected chi connectivity index (χ0v) is 16.1. The van der Waals surface area contributed by atoms with Gasteiger partial charge in [0.25, 0.3) is 5.91 Å². The van der Waals surface area contributed by atoms with Crippen LogP contribution in [0.25, 0.3) is 0 Å². The summed E-state index contributed by atoms with van der Waals surface area (Å²) in [5, 5.41) is 2.90. The molecular weight excluding hydrogens is 344 g/mol. The molecule has 144 valence electrons. The third-order valence-corrected chi connectivity index (χ3v) is 4.79. The third-order valence-electron chi connectivity index (χ3n) is 4.79. The average Bonchev–Trinajstić information content (AvgIpc) is 2.73. The van der Waals surface area contributed by atoms with Crippen molar-refractivity contribution in [2.75, 3.05) is 57.2 Å². The molecule has 2 heterocycles. The first-order chi connectivity index (χ1) is 13.1. The SMILES string of the molecule is CCN1CCN(c2cc(C(=O)Nc3ccc(OC)c(OC)c3)ccn2)CC1. The van der Waals surface area contributed by atoms with Gasteiger partial charge in [0.15, 0.2) is 11.5 Å². The highest BCUT2D eigenvalue weighted by molar-refractivity contribution is 6.04. The molecule has 0 unspecified atom stereocenters. The molecule has 7 heteroatoms. The lowest BCUT2D eigenvalue weighted by Crippen LogP contribution is -2.46. The summed E-state index contributed by atoms with van der Waals surface area (Å²) in [6, 6.07) is 8.85. The van der Waals surface area contributed by atoms with Crippen LogP contribution in [0, 0.1) is 0 Å². The molecule has 0 atom stereocenters. The molecule has 0 spiro atoms. The van der Waals surface area contributed by atoms with E-state index in [1.807, 2.05) is 6.07 Å². The Morgan fingerprint density at radius 2 is 1.81 bits per heavy atom. The second kappa shape index (κ2) is 8.73. The Kier molecular flexibility index (Phi) is 6.13. The quantitative estimate of drug-likeness (QED) is 0.843. The summed E-state index contributed by atoms with van der Waals surface area (Å²) in [5.41, 5.74) is 1.22. The lowest BCUT2D eigenvalue weighted by atomic mass is 10.2. The molecule has 7 nitrogen and oxygen atoms in total. The maximum absolute atomic E-state index is 12.7. The molecule has 1 aromatic carbocycles. The fourth-order valence-electron chi connectivity index (χ4n) is 3.14. The number of hydrogen-bond acceptors (Lipinski definition) is 6. The zero-order valence-electron chi connectivity index (χ0n) is 16.1. The van der Waals surface area contributed by atoms with Gasteiger partial charge < -0.3 is 24.6 Å². The Hall–Kier alpha value is -2.80. The van der Waals surface area contributed by atoms with Crippen LogP contribution >= 0.6 is 0 Å². The highest BCUT2D eigenvalue weighted by atomic mass is 16.5. The van der Waals surface area contributed by atoms with Crippen molar-refractivity contribution in [2.24, 2.45) is 0 Å². The van der Waals surface area contributed by atoms with Crippen LogP contribution in [0.2, 0.25) is 0 Å². The molecule has 0 radical (unpaired) electrons. The largest absolute Gasteiger partial charge is 0.493 e. The number of rotatable bonds is 6. The fourth-order valence-corrected chi connectivity index (χ4v) is 3.14. The van der Waals surface area contributed by atoms with Gasteiger partial charge in [0, 0.05) is 49.7 Å². The number of methoxy groups -OCH3 is 2. The molecule has 0 bridgehead atoms. The topological polar surface area (TPSA) is 66.9 Å². The molecule has 1 aromatic heterocycles. The van der Waals surface area contributed by atoms with Crippen molar-refractivity contribution in [3.8, 4) is 11.5 Å². The number of hydrogen-bond donors (Lipinski definition) is 1. The zero-order chi connectivity index (χ0) is 19.2. The number of nitrogens with one attached hydrogen (secondary N) is 1. The number of carbonyl (C=O) groups is 1. The van der Waals surface area contributed by atoms with Crippen LogP contribution in [0.5, 0.6) is 11.5 Å². The first kappa shape index (κ1) is 19.0. The van der Waals surface area contributed by atoms with E-state index in [9.17, 15) is 4.79 Å². The van der Waals surface area contributed by atoms with Crippen LogP contribution in [-0.4, -0.2) is 62.7 Å². The number of likely N-dealkylation sites (N-methyl/N-ethyl adjacent to an activating group) is 1. The third kappa shape index (κ3) is 4.49. The molecule has 1 aliphatic heterocycles. The van der Waals surface area contributed by atoms with E-state index in [4.69, 9.17) is 9.47 Å². The lowest BCUT2D eigenvalue weighted by molar-refractivity contribution is 0.102. The van der Waals surface area contributed by atoms with Crippen molar-refractivity contribution >= 4 is 17.4 Å². The Labute approximate surface area is 159 Å². The number of nitrogens with zero attached hydrogens (tertiary/aromatic N) is 3. The number of aromatic nitrogens is 1. The summed E-state index contributed by atoms with van der Waals surface area (Å²) in [4.78, 5) is 21.7. The average molecular weight is 370 g/mol. The van der Waals surface area contributed by atoms with Crippen LogP contribution in [0.1, 0.15) is 17.3 Å². The summed E-state index contributed by atoms with van der Waals surface area (Å²) in [7, 11) is 3.14. The lowest BCUT2D eigenvalue weighted by Gasteiger charge is -2.34. The van der Waals surface area contributed by atoms with E-state index < -0.39 is 0 Å². The molecule has 0 aliphatic carbocycles. The molecule has 2 aromatic rings. The van der Waals surface area contributed by atoms with Gasteiger partial charge in [-0.15, -0.1) is 0 Å². The number of piperazine rings is 1. The molecule has 1 amide bonds. The minimum atomic E-state index is -0.182. The van der Waals surface area contributed by atoms with Crippen molar-refractivity contribution in [3.63, 3.8) is 0 Å². The van der Waals surface area contributed by atoms with Gasteiger partial charge in [0.05, 0.1) is 14.2 Å². The van der Waals surface area contributed by atoms with Crippen molar-refractivity contribution in [3.05, 3.63) is 42.1 Å². The first-order valence-electron chi connectivity index (χ1n) is 9.11. The molecule has 0 saturated carbocycles. The molecule has 1 saturated heterocycles. The molecule has 1 aliphatic rings. The monoisotopic (exact) mass is 370 g/mol. The van der Waals surface area contributed by atoms with E-state index in [2.05, 4.69) is 27.0 Å². The number of anilines is 2. The molecular formula is C20H26N4O3. The summed E-state index contributed by atoms with van der Waals surface area (Å²) >= 11 is 0. The predicted octanol–water partition coefficient (Wildman–Crippen LogP) is 2.49. The van der Waals surface area contributed by atoms with Crippen molar-refractivity contribution in [1.82, 2.24) is 9.88 Å². The summed E-state index contributed by atoms with van der Waals surface area (Å²) in [5.74, 6) is 1.84. The summed E-state index contributed by atoms with van der Waals surface area (Å²) in [6.45, 7) is 7.10. The van der Waals surface area contributed by atoms with Gasteiger partial charge >= 0.3 is 0 Å². The van der Waals surface area contributed by atoms with Crippen LogP contribution in [0.4, 0.5) is 11.5 Å². The van der Waals surface area contributed by atoms with Gasteiger partial charge in [0.2, 0.25) is 0 Å². The van der Waals surface area contributed by atoms with E-state index in [1.54, 1.807) is 44.7 Å². The molecule has 3 rings (SSSR count). The predicted molar refractivity (Wildman–Crippen MR) is 106 cm³/mol. The van der Waals surface area contributed by atoms with Crippen molar-refractivity contribution in [2.45, 2.75) is 6.92 Å². The van der Waals surface area contributed by atoms with Gasteiger partial charge in [-0.3, -0.25) is 4.79 Å². The van der Waals surface area contributed by atoms with E-state index in [0.717, 1.165) is 38.5 Å². The number of amides is 1. The molecule has 1 N–H and O–H groups in total. The fraction of sp³-hybridized carbons (Fsp3) is 0.400. The molecule has 27 heavy (non-hydrogen) atoms. The van der Waals surface area contributed by atoms with Crippen molar-refractivity contribution < 1.29 is 14.3 Å². The number of pyridine rings is 1. The van der Waals surface area contributed by atoms with Crippen LogP contribution < -0.4 is 19.7 Å². The normalized spacial score (nSPS) is 14.7. The number of carbonyl (C=O) groups excluding carboxylic acids is 1. The Morgan fingerprint density at radius 1 is 1.07 bits per heavy atom. The second-order valence-corrected chi connectivity index (χ2v) is 6.35. The Morgan fingerprint density at radius 3 is 2.48 bits per heavy atom. The van der Waals surface area contributed by atoms with Gasteiger partial charge in [-0.25, -0.2) is 4.98 Å². The highest BCUT2D eigenvalue weighted by Crippen LogP contribution is 2.30. The van der Waals surface area contributed by atoms with E-state index in [-0.39, 0.29) is 5.91 Å². The number of ether oxygens (including phenoxy) is 2. The van der Waals surface area contributed by atoms with Gasteiger partial charge in [0.1, 0.15) is 5.82 Å². The minimum Gasteiger partial charge on any atom is -0.493 e. The van der Waals surface area contributed by atoms with Gasteiger partial charge in [-0.2, -0.15) is 0 Å². The van der Waals surface area contributed by atoms with Gasteiger partial charge in [-0.1, -0.05) is 6.92 Å². The first-order valence-corrected chi connectivity index (χ1v) is 9.11. The Bertz CT molecular complexity index is 789. The van der Waals surface area contributed by atoms with E-state index in [1.165, 1.54) is 0 Å². The van der Waals surface area contributed by atoms with Crippen LogP contribution in [0.15, 0.2) is 36.5 Å². The van der Waals surface area contributed by atoms with Gasteiger partial charge in [-0.05, 0) is 30.8 Å². The maximum atomic E-state index is 12.7. The smallest absolute Gasteiger partial charge is 0.255 e. The van der Waals surface area contributed by atoms with Crippen LogP contribution in [-0.2, 0) is 0 Å². The Balaban J connectivity index is 1.70. The number of benzene rings is 1. The van der Waals surface area contributed by atoms with E-state index >= 15 is 0 Å². The highest BCUT2D eigenvalue weighted by Gasteiger charge is 2.18. The maximum Gasteiger partial charge on any atom is 0.255 e. The van der Waals surface area contributed by atoms with E-state index in [0.29, 0.717) is 22.7 Å². The van der Waals surface area contributed by atoms with Crippen LogP contribution in [0.3, 0.4) is 0 Å². The van der Waals surface area contributed by atoms with Crippen molar-refractivity contribution in [1.29, 1.82) is 0 Å². The summed E-state index contributed by atoms with van der Waals surface area (Å²) in [6.07, 6.45) is 1.69. The minimum absolute atomic E-state index is 0.182. The molecule has 1 fully saturated rings. The summed E-state index contributed by atoms with van der Waals surface area (Å²) < 4.78 is 10.5.